The highest BCUT2D eigenvalue weighted by Gasteiger charge is 2.16. The van der Waals surface area contributed by atoms with Crippen LogP contribution in [-0.2, 0) is 27.8 Å². The zero-order valence-electron chi connectivity index (χ0n) is 16.8. The van der Waals surface area contributed by atoms with Crippen LogP contribution < -0.4 is 10.0 Å². The van der Waals surface area contributed by atoms with E-state index in [4.69, 9.17) is 23.2 Å². The van der Waals surface area contributed by atoms with Gasteiger partial charge in [0, 0.05) is 25.0 Å². The molecule has 0 fully saturated rings. The first-order valence-corrected chi connectivity index (χ1v) is 11.8. The minimum Gasteiger partial charge on any atom is -0.356 e. The Morgan fingerprint density at radius 1 is 1.10 bits per heavy atom. The topological polar surface area (TPSA) is 93.1 Å². The molecule has 7 nitrogen and oxygen atoms in total. The number of rotatable bonds is 9. The summed E-state index contributed by atoms with van der Waals surface area (Å²) in [6, 6.07) is 10.7. The maximum absolute atomic E-state index is 12.5. The fourth-order valence-corrected chi connectivity index (χ4v) is 4.30. The van der Waals surface area contributed by atoms with Crippen molar-refractivity contribution in [2.24, 2.45) is 0 Å². The third-order valence-corrected chi connectivity index (χ3v) is 6.54. The zero-order valence-corrected chi connectivity index (χ0v) is 19.1. The second kappa shape index (κ2) is 10.2. The molecule has 0 saturated carbocycles. The van der Waals surface area contributed by atoms with Gasteiger partial charge in [0.15, 0.2) is 0 Å². The van der Waals surface area contributed by atoms with E-state index in [1.807, 2.05) is 17.8 Å². The van der Waals surface area contributed by atoms with Crippen molar-refractivity contribution in [2.45, 2.75) is 31.2 Å². The molecule has 31 heavy (non-hydrogen) atoms. The molecule has 0 aliphatic carbocycles. The van der Waals surface area contributed by atoms with E-state index in [0.29, 0.717) is 12.2 Å². The Morgan fingerprint density at radius 3 is 2.48 bits per heavy atom. The Labute approximate surface area is 191 Å². The van der Waals surface area contributed by atoms with Crippen LogP contribution in [0, 0.1) is 6.92 Å². The molecule has 2 N–H and O–H groups in total. The molecule has 0 unspecified atom stereocenters. The summed E-state index contributed by atoms with van der Waals surface area (Å²) in [7, 11) is -3.80. The Bertz CT molecular complexity index is 1160. The van der Waals surface area contributed by atoms with E-state index >= 15 is 0 Å². The first-order valence-electron chi connectivity index (χ1n) is 9.55. The minimum atomic E-state index is -3.80. The second-order valence-corrected chi connectivity index (χ2v) is 9.54. The Hall–Kier alpha value is -2.55. The molecule has 2 aromatic carbocycles. The van der Waals surface area contributed by atoms with Crippen molar-refractivity contribution in [1.82, 2.24) is 15.1 Å². The van der Waals surface area contributed by atoms with Crippen LogP contribution in [0.1, 0.15) is 17.5 Å². The van der Waals surface area contributed by atoms with Gasteiger partial charge >= 0.3 is 0 Å². The van der Waals surface area contributed by atoms with Crippen molar-refractivity contribution in [2.75, 3.05) is 11.3 Å². The first kappa shape index (κ1) is 23.1. The van der Waals surface area contributed by atoms with Crippen molar-refractivity contribution in [3.05, 3.63) is 76.0 Å². The molecule has 1 aromatic heterocycles. The number of aryl methyl sites for hydroxylation is 2. The molecule has 0 aliphatic heterocycles. The van der Waals surface area contributed by atoms with Crippen LogP contribution in [0.5, 0.6) is 0 Å². The average molecular weight is 481 g/mol. The smallest absolute Gasteiger partial charge is 0.261 e. The highest BCUT2D eigenvalue weighted by atomic mass is 35.5. The summed E-state index contributed by atoms with van der Waals surface area (Å²) in [5, 5.41) is 7.52. The lowest BCUT2D eigenvalue weighted by Gasteiger charge is -2.10. The van der Waals surface area contributed by atoms with E-state index in [0.717, 1.165) is 24.1 Å². The van der Waals surface area contributed by atoms with E-state index in [1.165, 1.54) is 18.2 Å². The third kappa shape index (κ3) is 6.72. The van der Waals surface area contributed by atoms with E-state index in [9.17, 15) is 13.2 Å². The molecule has 0 spiro atoms. The number of hydrogen-bond acceptors (Lipinski definition) is 4. The van der Waals surface area contributed by atoms with Gasteiger partial charge in [-0.25, -0.2) is 8.42 Å². The summed E-state index contributed by atoms with van der Waals surface area (Å²) in [4.78, 5) is 12.1. The van der Waals surface area contributed by atoms with Crippen LogP contribution in [0.4, 0.5) is 5.69 Å². The third-order valence-electron chi connectivity index (χ3n) is 4.42. The number of nitrogens with zero attached hydrogens (tertiary/aromatic N) is 2. The summed E-state index contributed by atoms with van der Waals surface area (Å²) in [6.45, 7) is 3.27. The number of carbonyl (C=O) groups is 1. The standard InChI is InChI=1S/C21H22Cl2N4O3S/c1-15-13-25-27(14-15)10-2-9-24-21(28)11-16-3-5-17(6-4-16)26-31(29,30)18-7-8-19(22)20(23)12-18/h3-8,12-14,26H,2,9-11H2,1H3,(H,24,28). The van der Waals surface area contributed by atoms with Crippen LogP contribution >= 0.6 is 23.2 Å². The number of anilines is 1. The number of carbonyl (C=O) groups excluding carboxylic acids is 1. The summed E-state index contributed by atoms with van der Waals surface area (Å²) in [5.41, 5.74) is 2.26. The minimum absolute atomic E-state index is 0.00984. The highest BCUT2D eigenvalue weighted by molar-refractivity contribution is 7.92. The molecule has 1 amide bonds. The van der Waals surface area contributed by atoms with Gasteiger partial charge < -0.3 is 5.32 Å². The van der Waals surface area contributed by atoms with Gasteiger partial charge in [-0.1, -0.05) is 35.3 Å². The summed E-state index contributed by atoms with van der Waals surface area (Å²) in [5.74, 6) is -0.0965. The molecular weight excluding hydrogens is 459 g/mol. The molecule has 0 radical (unpaired) electrons. The first-order chi connectivity index (χ1) is 14.7. The molecule has 3 aromatic rings. The van der Waals surface area contributed by atoms with Crippen molar-refractivity contribution < 1.29 is 13.2 Å². The SMILES string of the molecule is Cc1cnn(CCCNC(=O)Cc2ccc(NS(=O)(=O)c3ccc(Cl)c(Cl)c3)cc2)c1. The predicted octanol–water partition coefficient (Wildman–Crippen LogP) is 4.05. The fraction of sp³-hybridized carbons (Fsp3) is 0.238. The average Bonchev–Trinajstić information content (AvgIpc) is 3.13. The van der Waals surface area contributed by atoms with Crippen LogP contribution in [0.2, 0.25) is 10.0 Å². The number of amides is 1. The molecule has 164 valence electrons. The quantitative estimate of drug-likeness (QED) is 0.451. The van der Waals surface area contributed by atoms with E-state index in [2.05, 4.69) is 15.1 Å². The van der Waals surface area contributed by atoms with Crippen LogP contribution in [0.25, 0.3) is 0 Å². The number of aromatic nitrogens is 2. The van der Waals surface area contributed by atoms with Gasteiger partial charge in [0.2, 0.25) is 5.91 Å². The lowest BCUT2D eigenvalue weighted by Crippen LogP contribution is -2.26. The highest BCUT2D eigenvalue weighted by Crippen LogP contribution is 2.26. The normalized spacial score (nSPS) is 11.3. The molecule has 0 atom stereocenters. The van der Waals surface area contributed by atoms with Gasteiger partial charge in [0.05, 0.1) is 27.6 Å². The number of sulfonamides is 1. The van der Waals surface area contributed by atoms with Crippen LogP contribution in [0.15, 0.2) is 59.8 Å². The maximum atomic E-state index is 12.5. The number of hydrogen-bond donors (Lipinski definition) is 2. The van der Waals surface area contributed by atoms with Crippen LogP contribution in [-0.4, -0.2) is 30.7 Å². The lowest BCUT2D eigenvalue weighted by molar-refractivity contribution is -0.120. The van der Waals surface area contributed by atoms with E-state index in [1.54, 1.807) is 30.5 Å². The molecule has 0 aliphatic rings. The van der Waals surface area contributed by atoms with Gasteiger partial charge in [-0.05, 0) is 54.8 Å². The van der Waals surface area contributed by atoms with Gasteiger partial charge in [0.1, 0.15) is 0 Å². The Morgan fingerprint density at radius 2 is 1.84 bits per heavy atom. The molecular formula is C21H22Cl2N4O3S. The van der Waals surface area contributed by atoms with E-state index < -0.39 is 10.0 Å². The monoisotopic (exact) mass is 480 g/mol. The van der Waals surface area contributed by atoms with Gasteiger partial charge in [0.25, 0.3) is 10.0 Å². The number of halogens is 2. The van der Waals surface area contributed by atoms with Crippen molar-refractivity contribution in [3.63, 3.8) is 0 Å². The van der Waals surface area contributed by atoms with Crippen molar-refractivity contribution in [1.29, 1.82) is 0 Å². The summed E-state index contributed by atoms with van der Waals surface area (Å²) >= 11 is 11.7. The van der Waals surface area contributed by atoms with Gasteiger partial charge in [-0.15, -0.1) is 0 Å². The summed E-state index contributed by atoms with van der Waals surface area (Å²) < 4.78 is 29.3. The molecule has 10 heteroatoms. The largest absolute Gasteiger partial charge is 0.356 e. The fourth-order valence-electron chi connectivity index (χ4n) is 2.85. The Balaban J connectivity index is 1.48. The zero-order chi connectivity index (χ0) is 22.4. The van der Waals surface area contributed by atoms with Crippen LogP contribution in [0.3, 0.4) is 0 Å². The maximum Gasteiger partial charge on any atom is 0.261 e. The molecule has 0 bridgehead atoms. The molecule has 1 heterocycles. The molecule has 3 rings (SSSR count). The van der Waals surface area contributed by atoms with Crippen molar-refractivity contribution in [3.8, 4) is 0 Å². The molecule has 0 saturated heterocycles. The van der Waals surface area contributed by atoms with Gasteiger partial charge in [-0.2, -0.15) is 5.10 Å². The van der Waals surface area contributed by atoms with Crippen molar-refractivity contribution >= 4 is 44.8 Å². The number of nitrogens with one attached hydrogen (secondary N) is 2. The Kier molecular flexibility index (Phi) is 7.59. The lowest BCUT2D eigenvalue weighted by atomic mass is 10.1. The predicted molar refractivity (Wildman–Crippen MR) is 122 cm³/mol. The van der Waals surface area contributed by atoms with E-state index in [-0.39, 0.29) is 27.3 Å². The number of benzene rings is 2. The van der Waals surface area contributed by atoms with Gasteiger partial charge in [-0.3, -0.25) is 14.2 Å². The summed E-state index contributed by atoms with van der Waals surface area (Å²) in [6.07, 6.45) is 4.75. The second-order valence-electron chi connectivity index (χ2n) is 7.04.